The molecule has 0 saturated heterocycles. The van der Waals surface area contributed by atoms with Gasteiger partial charge in [-0.15, -0.1) is 0 Å². The van der Waals surface area contributed by atoms with Gasteiger partial charge in [0.25, 0.3) is 0 Å². The highest BCUT2D eigenvalue weighted by Gasteiger charge is 2.31. The largest absolute Gasteiger partial charge is 0.481 e. The lowest BCUT2D eigenvalue weighted by Crippen LogP contribution is -2.47. The molecule has 0 bridgehead atoms. The van der Waals surface area contributed by atoms with Crippen LogP contribution in [0.1, 0.15) is 65.2 Å². The summed E-state index contributed by atoms with van der Waals surface area (Å²) >= 11 is 0. The Balaban J connectivity index is 4.43. The zero-order valence-corrected chi connectivity index (χ0v) is 13.2. The molecule has 0 aromatic rings. The molecule has 5 nitrogen and oxygen atoms in total. The van der Waals surface area contributed by atoms with Crippen molar-refractivity contribution in [2.45, 2.75) is 70.8 Å². The van der Waals surface area contributed by atoms with Crippen molar-refractivity contribution in [1.29, 1.82) is 0 Å². The molecule has 0 aromatic carbocycles. The van der Waals surface area contributed by atoms with E-state index in [-0.39, 0.29) is 6.42 Å². The van der Waals surface area contributed by atoms with Gasteiger partial charge in [-0.2, -0.15) is 0 Å². The van der Waals surface area contributed by atoms with E-state index in [1.54, 1.807) is 12.2 Å². The van der Waals surface area contributed by atoms with Gasteiger partial charge in [0.05, 0.1) is 5.92 Å². The Morgan fingerprint density at radius 3 is 2.24 bits per heavy atom. The standard InChI is InChI=1S/C16H29NO4/c1-3-5-9-13(14(18)19)10-7-8-12-16(17,15(20)21)11-6-4-2/h7-8,13H,3-6,9-12,17H2,1-2H3,(H,18,19)(H,20,21). The van der Waals surface area contributed by atoms with E-state index < -0.39 is 23.4 Å². The molecule has 0 rings (SSSR count). The van der Waals surface area contributed by atoms with E-state index in [1.807, 2.05) is 13.8 Å². The Labute approximate surface area is 127 Å². The predicted molar refractivity (Wildman–Crippen MR) is 83.1 cm³/mol. The fourth-order valence-electron chi connectivity index (χ4n) is 2.14. The highest BCUT2D eigenvalue weighted by Crippen LogP contribution is 2.19. The molecular weight excluding hydrogens is 270 g/mol. The lowest BCUT2D eigenvalue weighted by Gasteiger charge is -2.22. The zero-order valence-electron chi connectivity index (χ0n) is 13.2. The van der Waals surface area contributed by atoms with Crippen LogP contribution in [0.15, 0.2) is 12.2 Å². The van der Waals surface area contributed by atoms with E-state index in [2.05, 4.69) is 0 Å². The average molecular weight is 299 g/mol. The molecule has 5 heteroatoms. The first-order valence-corrected chi connectivity index (χ1v) is 7.77. The molecular formula is C16H29NO4. The molecule has 0 fully saturated rings. The van der Waals surface area contributed by atoms with E-state index in [0.717, 1.165) is 25.7 Å². The quantitative estimate of drug-likeness (QED) is 0.480. The van der Waals surface area contributed by atoms with Crippen LogP contribution in [0.4, 0.5) is 0 Å². The predicted octanol–water partition coefficient (Wildman–Crippen LogP) is 3.19. The van der Waals surface area contributed by atoms with Gasteiger partial charge in [-0.05, 0) is 25.7 Å². The van der Waals surface area contributed by atoms with E-state index in [1.165, 1.54) is 0 Å². The Morgan fingerprint density at radius 2 is 1.76 bits per heavy atom. The molecule has 0 aromatic heterocycles. The maximum Gasteiger partial charge on any atom is 0.323 e. The minimum atomic E-state index is -1.24. The number of aliphatic carboxylic acids is 2. The number of carbonyl (C=O) groups is 2. The number of rotatable bonds is 12. The van der Waals surface area contributed by atoms with Crippen molar-refractivity contribution in [3.8, 4) is 0 Å². The molecule has 0 aliphatic carbocycles. The number of carboxylic acids is 2. The third-order valence-corrected chi connectivity index (χ3v) is 3.73. The molecule has 0 heterocycles. The summed E-state index contributed by atoms with van der Waals surface area (Å²) in [4.78, 5) is 22.3. The van der Waals surface area contributed by atoms with Crippen LogP contribution >= 0.6 is 0 Å². The molecule has 2 unspecified atom stereocenters. The molecule has 2 atom stereocenters. The van der Waals surface area contributed by atoms with Crippen LogP contribution in [0.2, 0.25) is 0 Å². The van der Waals surface area contributed by atoms with Gasteiger partial charge in [0.1, 0.15) is 5.54 Å². The average Bonchev–Trinajstić information content (AvgIpc) is 2.43. The maximum absolute atomic E-state index is 11.3. The van der Waals surface area contributed by atoms with Gasteiger partial charge in [0.15, 0.2) is 0 Å². The van der Waals surface area contributed by atoms with E-state index in [4.69, 9.17) is 10.8 Å². The number of hydrogen-bond donors (Lipinski definition) is 3. The van der Waals surface area contributed by atoms with E-state index >= 15 is 0 Å². The second-order valence-electron chi connectivity index (χ2n) is 5.65. The second kappa shape index (κ2) is 10.4. The van der Waals surface area contributed by atoms with Crippen molar-refractivity contribution in [3.05, 3.63) is 12.2 Å². The second-order valence-corrected chi connectivity index (χ2v) is 5.65. The summed E-state index contributed by atoms with van der Waals surface area (Å²) in [7, 11) is 0. The summed E-state index contributed by atoms with van der Waals surface area (Å²) in [6.45, 7) is 4.02. The van der Waals surface area contributed by atoms with Crippen LogP contribution in [-0.4, -0.2) is 27.7 Å². The first-order valence-electron chi connectivity index (χ1n) is 7.77. The number of carboxylic acid groups (broad SMARTS) is 2. The molecule has 0 amide bonds. The third-order valence-electron chi connectivity index (χ3n) is 3.73. The van der Waals surface area contributed by atoms with Crippen molar-refractivity contribution in [1.82, 2.24) is 0 Å². The number of nitrogens with two attached hydrogens (primary N) is 1. The molecule has 21 heavy (non-hydrogen) atoms. The van der Waals surface area contributed by atoms with E-state index in [0.29, 0.717) is 19.3 Å². The van der Waals surface area contributed by atoms with Gasteiger partial charge >= 0.3 is 11.9 Å². The van der Waals surface area contributed by atoms with Gasteiger partial charge in [-0.1, -0.05) is 51.7 Å². The van der Waals surface area contributed by atoms with Crippen LogP contribution in [0.3, 0.4) is 0 Å². The zero-order chi connectivity index (χ0) is 16.3. The van der Waals surface area contributed by atoms with Crippen molar-refractivity contribution < 1.29 is 19.8 Å². The lowest BCUT2D eigenvalue weighted by molar-refractivity contribution is -0.144. The van der Waals surface area contributed by atoms with Gasteiger partial charge in [0, 0.05) is 0 Å². The Hall–Kier alpha value is -1.36. The normalized spacial score (nSPS) is 15.8. The molecule has 0 saturated carbocycles. The molecule has 4 N–H and O–H groups in total. The fraction of sp³-hybridized carbons (Fsp3) is 0.750. The first-order chi connectivity index (χ1) is 9.87. The summed E-state index contributed by atoms with van der Waals surface area (Å²) in [5.41, 5.74) is 4.68. The Morgan fingerprint density at radius 1 is 1.14 bits per heavy atom. The number of allylic oxidation sites excluding steroid dienone is 1. The first kappa shape index (κ1) is 19.6. The third kappa shape index (κ3) is 7.85. The SMILES string of the molecule is CCCCC(CC=CCC(N)(CCCC)C(=O)O)C(=O)O. The lowest BCUT2D eigenvalue weighted by atomic mass is 9.89. The monoisotopic (exact) mass is 299 g/mol. The van der Waals surface area contributed by atoms with Crippen LogP contribution in [0.25, 0.3) is 0 Å². The summed E-state index contributed by atoms with van der Waals surface area (Å²) in [5.74, 6) is -2.19. The van der Waals surface area contributed by atoms with Gasteiger partial charge in [-0.25, -0.2) is 0 Å². The van der Waals surface area contributed by atoms with Crippen LogP contribution < -0.4 is 5.73 Å². The van der Waals surface area contributed by atoms with Crippen molar-refractivity contribution in [2.75, 3.05) is 0 Å². The van der Waals surface area contributed by atoms with Gasteiger partial charge < -0.3 is 15.9 Å². The van der Waals surface area contributed by atoms with Crippen molar-refractivity contribution in [2.24, 2.45) is 11.7 Å². The number of hydrogen-bond acceptors (Lipinski definition) is 3. The summed E-state index contributed by atoms with van der Waals surface area (Å²) in [5, 5.41) is 18.3. The van der Waals surface area contributed by atoms with Crippen LogP contribution in [0.5, 0.6) is 0 Å². The fourth-order valence-corrected chi connectivity index (χ4v) is 2.14. The molecule has 0 aliphatic rings. The van der Waals surface area contributed by atoms with Gasteiger partial charge in [-0.3, -0.25) is 9.59 Å². The molecule has 0 radical (unpaired) electrons. The topological polar surface area (TPSA) is 101 Å². The maximum atomic E-state index is 11.3. The Bertz CT molecular complexity index is 354. The minimum absolute atomic E-state index is 0.239. The van der Waals surface area contributed by atoms with Crippen LogP contribution in [0, 0.1) is 5.92 Å². The van der Waals surface area contributed by atoms with Crippen molar-refractivity contribution in [3.63, 3.8) is 0 Å². The van der Waals surface area contributed by atoms with Gasteiger partial charge in [0.2, 0.25) is 0 Å². The highest BCUT2D eigenvalue weighted by molar-refractivity contribution is 5.78. The Kier molecular flexibility index (Phi) is 9.71. The van der Waals surface area contributed by atoms with Crippen molar-refractivity contribution >= 4 is 11.9 Å². The molecule has 0 spiro atoms. The molecule has 122 valence electrons. The smallest absolute Gasteiger partial charge is 0.323 e. The minimum Gasteiger partial charge on any atom is -0.481 e. The van der Waals surface area contributed by atoms with Crippen LogP contribution in [-0.2, 0) is 9.59 Å². The highest BCUT2D eigenvalue weighted by atomic mass is 16.4. The molecule has 0 aliphatic heterocycles. The summed E-state index contributed by atoms with van der Waals surface area (Å²) in [6.07, 6.45) is 8.74. The number of unbranched alkanes of at least 4 members (excludes halogenated alkanes) is 2. The summed E-state index contributed by atoms with van der Waals surface area (Å²) in [6, 6.07) is 0. The summed E-state index contributed by atoms with van der Waals surface area (Å²) < 4.78 is 0. The van der Waals surface area contributed by atoms with E-state index in [9.17, 15) is 14.7 Å².